The molecule has 3 heteroatoms. The van der Waals surface area contributed by atoms with Gasteiger partial charge in [-0.1, -0.05) is 15.9 Å². The molecule has 1 aliphatic heterocycles. The third-order valence-corrected chi connectivity index (χ3v) is 3.84. The second-order valence-electron chi connectivity index (χ2n) is 4.63. The zero-order valence-electron chi connectivity index (χ0n) is 9.33. The summed E-state index contributed by atoms with van der Waals surface area (Å²) in [6.45, 7) is 3.18. The maximum absolute atomic E-state index is 6.04. The van der Waals surface area contributed by atoms with Crippen LogP contribution < -0.4 is 5.73 Å². The molecule has 1 unspecified atom stereocenters. The molecule has 2 aromatic rings. The molecule has 0 bridgehead atoms. The summed E-state index contributed by atoms with van der Waals surface area (Å²) in [6, 6.07) is 4.53. The number of aryl methyl sites for hydroxylation is 2. The van der Waals surface area contributed by atoms with E-state index in [2.05, 4.69) is 45.8 Å². The number of hydrogen-bond acceptors (Lipinski definition) is 1. The Labute approximate surface area is 104 Å². The molecular weight excluding hydrogens is 264 g/mol. The van der Waals surface area contributed by atoms with E-state index in [1.807, 2.05) is 0 Å². The average Bonchev–Trinajstić information content (AvgIpc) is 2.59. The highest BCUT2D eigenvalue weighted by Crippen LogP contribution is 2.34. The van der Waals surface area contributed by atoms with E-state index in [4.69, 9.17) is 5.73 Å². The Hall–Kier alpha value is -0.800. The normalized spacial score (nSPS) is 16.7. The molecule has 1 aromatic heterocycles. The van der Waals surface area contributed by atoms with E-state index in [1.165, 1.54) is 34.9 Å². The first-order valence-corrected chi connectivity index (χ1v) is 6.53. The van der Waals surface area contributed by atoms with E-state index in [9.17, 15) is 0 Å². The van der Waals surface area contributed by atoms with E-state index in [0.717, 1.165) is 11.0 Å². The second kappa shape index (κ2) is 3.60. The molecule has 2 N–H and O–H groups in total. The Bertz CT molecular complexity index is 555. The molecule has 1 aromatic carbocycles. The minimum atomic E-state index is 0.101. The first kappa shape index (κ1) is 10.4. The molecule has 2 heterocycles. The Balaban J connectivity index is 2.40. The molecule has 1 aliphatic rings. The van der Waals surface area contributed by atoms with Gasteiger partial charge in [-0.15, -0.1) is 0 Å². The Morgan fingerprint density at radius 3 is 3.00 bits per heavy atom. The second-order valence-corrected chi connectivity index (χ2v) is 5.55. The smallest absolute Gasteiger partial charge is 0.0517 e. The van der Waals surface area contributed by atoms with Crippen LogP contribution in [0.1, 0.15) is 30.5 Å². The molecule has 0 saturated heterocycles. The molecule has 0 amide bonds. The van der Waals surface area contributed by atoms with Crippen LogP contribution in [-0.2, 0) is 13.0 Å². The minimum absolute atomic E-state index is 0.101. The number of nitrogens with zero attached hydrogens (tertiary/aromatic N) is 1. The third kappa shape index (κ3) is 1.42. The fourth-order valence-electron chi connectivity index (χ4n) is 2.69. The van der Waals surface area contributed by atoms with Crippen molar-refractivity contribution in [3.8, 4) is 0 Å². The van der Waals surface area contributed by atoms with Crippen molar-refractivity contribution in [2.75, 3.05) is 0 Å². The van der Waals surface area contributed by atoms with Gasteiger partial charge in [0.2, 0.25) is 0 Å². The van der Waals surface area contributed by atoms with Gasteiger partial charge >= 0.3 is 0 Å². The van der Waals surface area contributed by atoms with E-state index >= 15 is 0 Å². The van der Waals surface area contributed by atoms with E-state index in [-0.39, 0.29) is 6.04 Å². The third-order valence-electron chi connectivity index (χ3n) is 3.38. The summed E-state index contributed by atoms with van der Waals surface area (Å²) < 4.78 is 3.52. The van der Waals surface area contributed by atoms with Crippen molar-refractivity contribution in [3.05, 3.63) is 33.9 Å². The van der Waals surface area contributed by atoms with E-state index in [1.54, 1.807) is 0 Å². The molecule has 84 valence electrons. The number of aromatic nitrogens is 1. The van der Waals surface area contributed by atoms with Crippen molar-refractivity contribution in [1.82, 2.24) is 4.57 Å². The van der Waals surface area contributed by atoms with Gasteiger partial charge in [0.05, 0.1) is 5.52 Å². The monoisotopic (exact) mass is 278 g/mol. The SMILES string of the molecule is CC(N)c1cn2c3c(cc(Br)cc13)CCC2. The topological polar surface area (TPSA) is 30.9 Å². The number of halogens is 1. The summed E-state index contributed by atoms with van der Waals surface area (Å²) >= 11 is 3.59. The Morgan fingerprint density at radius 2 is 2.25 bits per heavy atom. The quantitative estimate of drug-likeness (QED) is 0.852. The fraction of sp³-hybridized carbons (Fsp3) is 0.385. The first-order valence-electron chi connectivity index (χ1n) is 5.73. The van der Waals surface area contributed by atoms with Gasteiger partial charge in [-0.3, -0.25) is 0 Å². The van der Waals surface area contributed by atoms with Crippen molar-refractivity contribution in [1.29, 1.82) is 0 Å². The van der Waals surface area contributed by atoms with Crippen LogP contribution in [-0.4, -0.2) is 4.57 Å². The lowest BCUT2D eigenvalue weighted by Gasteiger charge is -2.15. The summed E-state index contributed by atoms with van der Waals surface area (Å²) in [6.07, 6.45) is 4.63. The molecule has 0 fully saturated rings. The van der Waals surface area contributed by atoms with Gasteiger partial charge in [0.1, 0.15) is 0 Å². The fourth-order valence-corrected chi connectivity index (χ4v) is 3.19. The highest BCUT2D eigenvalue weighted by atomic mass is 79.9. The molecule has 2 nitrogen and oxygen atoms in total. The minimum Gasteiger partial charge on any atom is -0.347 e. The highest BCUT2D eigenvalue weighted by molar-refractivity contribution is 9.10. The van der Waals surface area contributed by atoms with Crippen molar-refractivity contribution in [3.63, 3.8) is 0 Å². The first-order chi connectivity index (χ1) is 7.66. The zero-order chi connectivity index (χ0) is 11.3. The zero-order valence-corrected chi connectivity index (χ0v) is 10.9. The van der Waals surface area contributed by atoms with Gasteiger partial charge in [-0.2, -0.15) is 0 Å². The lowest BCUT2D eigenvalue weighted by molar-refractivity contribution is 0.632. The Morgan fingerprint density at radius 1 is 1.44 bits per heavy atom. The van der Waals surface area contributed by atoms with E-state index < -0.39 is 0 Å². The summed E-state index contributed by atoms with van der Waals surface area (Å²) in [5.74, 6) is 0. The van der Waals surface area contributed by atoms with Crippen LogP contribution in [0, 0.1) is 0 Å². The highest BCUT2D eigenvalue weighted by Gasteiger charge is 2.18. The predicted molar refractivity (Wildman–Crippen MR) is 70.6 cm³/mol. The lowest BCUT2D eigenvalue weighted by atomic mass is 10.0. The van der Waals surface area contributed by atoms with Crippen LogP contribution in [0.4, 0.5) is 0 Å². The number of nitrogens with two attached hydrogens (primary N) is 1. The number of benzene rings is 1. The van der Waals surface area contributed by atoms with Gasteiger partial charge in [-0.05, 0) is 43.0 Å². The molecule has 0 radical (unpaired) electrons. The summed E-state index contributed by atoms with van der Waals surface area (Å²) in [5, 5.41) is 1.32. The Kier molecular flexibility index (Phi) is 2.33. The van der Waals surface area contributed by atoms with Crippen LogP contribution in [0.2, 0.25) is 0 Å². The molecule has 0 aliphatic carbocycles. The van der Waals surface area contributed by atoms with Crippen molar-refractivity contribution in [2.45, 2.75) is 32.4 Å². The summed E-state index contributed by atoms with van der Waals surface area (Å²) in [7, 11) is 0. The van der Waals surface area contributed by atoms with Crippen molar-refractivity contribution < 1.29 is 0 Å². The standard InChI is InChI=1S/C13H15BrN2/c1-8(15)12-7-16-4-2-3-9-5-10(14)6-11(12)13(9)16/h5-8H,2-4,15H2,1H3. The molecule has 0 spiro atoms. The van der Waals surface area contributed by atoms with Crippen LogP contribution in [0.25, 0.3) is 10.9 Å². The van der Waals surface area contributed by atoms with Gasteiger partial charge in [-0.25, -0.2) is 0 Å². The van der Waals surface area contributed by atoms with Crippen LogP contribution >= 0.6 is 15.9 Å². The molecular formula is C13H15BrN2. The van der Waals surface area contributed by atoms with Gasteiger partial charge < -0.3 is 10.3 Å². The number of hydrogen-bond donors (Lipinski definition) is 1. The largest absolute Gasteiger partial charge is 0.347 e. The molecule has 16 heavy (non-hydrogen) atoms. The average molecular weight is 279 g/mol. The maximum atomic E-state index is 6.04. The van der Waals surface area contributed by atoms with Crippen LogP contribution in [0.3, 0.4) is 0 Å². The van der Waals surface area contributed by atoms with Gasteiger partial charge in [0.25, 0.3) is 0 Å². The summed E-state index contributed by atoms with van der Waals surface area (Å²) in [5.41, 5.74) is 10.1. The van der Waals surface area contributed by atoms with Crippen LogP contribution in [0.5, 0.6) is 0 Å². The summed E-state index contributed by atoms with van der Waals surface area (Å²) in [4.78, 5) is 0. The van der Waals surface area contributed by atoms with Gasteiger partial charge in [0.15, 0.2) is 0 Å². The predicted octanol–water partition coefficient (Wildman–Crippen LogP) is 3.37. The van der Waals surface area contributed by atoms with Crippen molar-refractivity contribution in [2.24, 2.45) is 5.73 Å². The maximum Gasteiger partial charge on any atom is 0.0517 e. The van der Waals surface area contributed by atoms with E-state index in [0.29, 0.717) is 0 Å². The van der Waals surface area contributed by atoms with Gasteiger partial charge in [0, 0.05) is 28.6 Å². The number of rotatable bonds is 1. The molecule has 0 saturated carbocycles. The molecule has 1 atom stereocenters. The molecule has 3 rings (SSSR count). The van der Waals surface area contributed by atoms with Crippen molar-refractivity contribution >= 4 is 26.8 Å². The lowest BCUT2D eigenvalue weighted by Crippen LogP contribution is -2.06. The van der Waals surface area contributed by atoms with Crippen LogP contribution in [0.15, 0.2) is 22.8 Å².